The van der Waals surface area contributed by atoms with E-state index in [0.717, 1.165) is 44.3 Å². The third-order valence-corrected chi connectivity index (χ3v) is 14.0. The number of anilines is 1. The molecule has 1 N–H and O–H groups in total. The highest BCUT2D eigenvalue weighted by molar-refractivity contribution is 9.09. The molecule has 3 amide bonds. The van der Waals surface area contributed by atoms with Gasteiger partial charge >= 0.3 is 0 Å². The van der Waals surface area contributed by atoms with Crippen LogP contribution in [0, 0.1) is 17.8 Å². The van der Waals surface area contributed by atoms with Crippen LogP contribution in [0.15, 0.2) is 49.6 Å². The topological polar surface area (TPSA) is 90.4 Å². The van der Waals surface area contributed by atoms with Gasteiger partial charge in [0.25, 0.3) is 0 Å². The van der Waals surface area contributed by atoms with E-state index in [2.05, 4.69) is 29.1 Å². The number of aliphatic hydroxyl groups excluding tert-OH is 1. The lowest BCUT2D eigenvalue weighted by molar-refractivity contribution is -0.148. The molecule has 1 saturated carbocycles. The summed E-state index contributed by atoms with van der Waals surface area (Å²) in [5.41, 5.74) is 0.707. The summed E-state index contributed by atoms with van der Waals surface area (Å²) in [6.07, 6.45) is 10.00. The second-order valence-electron chi connectivity index (χ2n) is 13.3. The first-order chi connectivity index (χ1) is 22.2. The Morgan fingerprint density at radius 3 is 2.39 bits per heavy atom. The number of carbonyl (C=O) groups is 3. The van der Waals surface area contributed by atoms with E-state index < -0.39 is 28.7 Å². The first kappa shape index (κ1) is 35.0. The number of fused-ring (bicyclic) bond motifs is 1. The lowest BCUT2D eigenvalue weighted by atomic mass is 9.70. The highest BCUT2D eigenvalue weighted by Gasteiger charge is 2.76. The number of hydrogen-bond acceptors (Lipinski definition) is 6. The van der Waals surface area contributed by atoms with E-state index in [4.69, 9.17) is 4.74 Å². The van der Waals surface area contributed by atoms with Gasteiger partial charge < -0.3 is 24.5 Å². The van der Waals surface area contributed by atoms with Gasteiger partial charge in [-0.05, 0) is 56.4 Å². The minimum atomic E-state index is -0.791. The van der Waals surface area contributed by atoms with Crippen LogP contribution in [0.1, 0.15) is 65.7 Å². The quantitative estimate of drug-likeness (QED) is 0.193. The van der Waals surface area contributed by atoms with Gasteiger partial charge in [0, 0.05) is 34.9 Å². The summed E-state index contributed by atoms with van der Waals surface area (Å²) in [4.78, 5) is 50.0. The molecule has 46 heavy (non-hydrogen) atoms. The smallest absolute Gasteiger partial charge is 0.247 e. The van der Waals surface area contributed by atoms with Crippen molar-refractivity contribution in [3.8, 4) is 5.75 Å². The molecule has 1 aromatic carbocycles. The van der Waals surface area contributed by atoms with Gasteiger partial charge in [-0.2, -0.15) is 0 Å². The standard InChI is InChI=1S/C36H50BrN3O5S/c1-6-19-38(25-15-17-26(18-16-25)45-9-4)33(42)29-30-34(43)40(28(22-41)23(5)8-3)32(36(30)21-27(37)31(29)46-36)35(44)39(20-7-2)24-13-11-10-12-14-24/h6-7,15-18,23-24,27-32,41H,1-2,8-14,19-22H2,3-5H3/t23-,27?,28-,29+,30-,31+,32?,36?/m0/s1. The van der Waals surface area contributed by atoms with Gasteiger partial charge in [0.2, 0.25) is 17.7 Å². The van der Waals surface area contributed by atoms with Crippen molar-refractivity contribution in [2.45, 2.75) is 98.7 Å². The van der Waals surface area contributed by atoms with Crippen LogP contribution in [-0.4, -0.2) is 91.9 Å². The van der Waals surface area contributed by atoms with Crippen LogP contribution in [-0.2, 0) is 14.4 Å². The number of amides is 3. The van der Waals surface area contributed by atoms with Crippen LogP contribution in [0.2, 0.25) is 0 Å². The van der Waals surface area contributed by atoms with Crippen LogP contribution in [0.5, 0.6) is 5.75 Å². The van der Waals surface area contributed by atoms with E-state index in [1.807, 2.05) is 49.9 Å². The van der Waals surface area contributed by atoms with Gasteiger partial charge in [0.05, 0.1) is 35.8 Å². The van der Waals surface area contributed by atoms with Crippen LogP contribution in [0.3, 0.4) is 0 Å². The lowest BCUT2D eigenvalue weighted by Gasteiger charge is -2.43. The summed E-state index contributed by atoms with van der Waals surface area (Å²) in [5.74, 6) is -1.02. The van der Waals surface area contributed by atoms with Crippen LogP contribution >= 0.6 is 27.7 Å². The number of hydrogen-bond donors (Lipinski definition) is 1. The second kappa shape index (κ2) is 14.9. The molecular weight excluding hydrogens is 666 g/mol. The number of ether oxygens (including phenoxy) is 1. The molecule has 8 nitrogen and oxygen atoms in total. The number of rotatable bonds is 14. The Hall–Kier alpha value is -2.30. The Morgan fingerprint density at radius 2 is 1.80 bits per heavy atom. The van der Waals surface area contributed by atoms with E-state index in [1.54, 1.807) is 33.7 Å². The summed E-state index contributed by atoms with van der Waals surface area (Å²) in [7, 11) is 0. The van der Waals surface area contributed by atoms with Gasteiger partial charge in [-0.1, -0.05) is 67.6 Å². The molecule has 1 spiro atoms. The van der Waals surface area contributed by atoms with Crippen molar-refractivity contribution >= 4 is 51.1 Å². The third-order valence-electron chi connectivity index (χ3n) is 10.8. The molecule has 0 aromatic heterocycles. The summed E-state index contributed by atoms with van der Waals surface area (Å²) in [6.45, 7) is 14.9. The minimum Gasteiger partial charge on any atom is -0.494 e. The van der Waals surface area contributed by atoms with Gasteiger partial charge in [0.1, 0.15) is 11.8 Å². The Kier molecular flexibility index (Phi) is 11.3. The zero-order chi connectivity index (χ0) is 33.2. The zero-order valence-corrected chi connectivity index (χ0v) is 29.9. The molecule has 4 fully saturated rings. The fraction of sp³-hybridized carbons (Fsp3) is 0.639. The molecule has 4 aliphatic rings. The van der Waals surface area contributed by atoms with Gasteiger partial charge in [-0.3, -0.25) is 14.4 Å². The van der Waals surface area contributed by atoms with Gasteiger partial charge in [0.15, 0.2) is 0 Å². The fourth-order valence-corrected chi connectivity index (χ4v) is 12.0. The maximum atomic E-state index is 15.0. The van der Waals surface area contributed by atoms with Crippen molar-refractivity contribution in [2.75, 3.05) is 31.2 Å². The van der Waals surface area contributed by atoms with E-state index in [9.17, 15) is 14.7 Å². The van der Waals surface area contributed by atoms with Crippen LogP contribution < -0.4 is 9.64 Å². The molecule has 3 saturated heterocycles. The molecule has 5 rings (SSSR count). The number of thioether (sulfide) groups is 1. The highest BCUT2D eigenvalue weighted by atomic mass is 79.9. The third kappa shape index (κ3) is 6.07. The molecule has 252 valence electrons. The molecule has 3 heterocycles. The number of nitrogens with zero attached hydrogens (tertiary/aromatic N) is 3. The van der Waals surface area contributed by atoms with E-state index in [1.165, 1.54) is 0 Å². The van der Waals surface area contributed by atoms with E-state index >= 15 is 4.79 Å². The lowest BCUT2D eigenvalue weighted by Crippen LogP contribution is -2.60. The summed E-state index contributed by atoms with van der Waals surface area (Å²) >= 11 is 5.57. The molecule has 3 unspecified atom stereocenters. The molecular formula is C36H50BrN3O5S. The van der Waals surface area contributed by atoms with Crippen molar-refractivity contribution in [1.29, 1.82) is 0 Å². The van der Waals surface area contributed by atoms with E-state index in [0.29, 0.717) is 25.3 Å². The number of carbonyl (C=O) groups excluding carboxylic acids is 3. The molecule has 10 heteroatoms. The summed E-state index contributed by atoms with van der Waals surface area (Å²) in [6, 6.07) is 6.22. The maximum Gasteiger partial charge on any atom is 0.247 e. The van der Waals surface area contributed by atoms with Crippen LogP contribution in [0.4, 0.5) is 5.69 Å². The predicted molar refractivity (Wildman–Crippen MR) is 188 cm³/mol. The number of alkyl halides is 1. The molecule has 0 radical (unpaired) electrons. The first-order valence-corrected chi connectivity index (χ1v) is 18.8. The van der Waals surface area contributed by atoms with E-state index in [-0.39, 0.29) is 52.9 Å². The number of halogens is 1. The van der Waals surface area contributed by atoms with Gasteiger partial charge in [-0.15, -0.1) is 24.9 Å². The largest absolute Gasteiger partial charge is 0.494 e. The van der Waals surface area contributed by atoms with Crippen molar-refractivity contribution in [2.24, 2.45) is 17.8 Å². The first-order valence-electron chi connectivity index (χ1n) is 17.0. The van der Waals surface area contributed by atoms with Crippen molar-refractivity contribution in [3.05, 3.63) is 49.6 Å². The summed E-state index contributed by atoms with van der Waals surface area (Å²) < 4.78 is 4.84. The maximum absolute atomic E-state index is 15.0. The zero-order valence-electron chi connectivity index (χ0n) is 27.5. The van der Waals surface area contributed by atoms with Gasteiger partial charge in [-0.25, -0.2) is 0 Å². The fourth-order valence-electron chi connectivity index (χ4n) is 8.43. The Balaban J connectivity index is 1.58. The second-order valence-corrected chi connectivity index (χ2v) is 16.0. The highest BCUT2D eigenvalue weighted by Crippen LogP contribution is 2.68. The molecule has 3 aliphatic heterocycles. The summed E-state index contributed by atoms with van der Waals surface area (Å²) in [5, 5.41) is 10.6. The van der Waals surface area contributed by atoms with Crippen molar-refractivity contribution in [3.63, 3.8) is 0 Å². The normalized spacial score (nSPS) is 30.1. The van der Waals surface area contributed by atoms with Crippen molar-refractivity contribution in [1.82, 2.24) is 9.80 Å². The monoisotopic (exact) mass is 715 g/mol. The molecule has 1 aliphatic carbocycles. The number of benzene rings is 1. The average Bonchev–Trinajstić information content (AvgIpc) is 3.66. The minimum absolute atomic E-state index is 0.0285. The molecule has 2 bridgehead atoms. The Bertz CT molecular complexity index is 1290. The van der Waals surface area contributed by atoms with Crippen molar-refractivity contribution < 1.29 is 24.2 Å². The molecule has 1 aromatic rings. The Morgan fingerprint density at radius 1 is 1.13 bits per heavy atom. The Labute approximate surface area is 287 Å². The number of aliphatic hydroxyl groups is 1. The van der Waals surface area contributed by atoms with Crippen LogP contribution in [0.25, 0.3) is 0 Å². The molecule has 8 atom stereocenters. The predicted octanol–water partition coefficient (Wildman–Crippen LogP) is 5.82. The number of likely N-dealkylation sites (tertiary alicyclic amines) is 1. The SMILES string of the molecule is C=CCN(C(=O)[C@H]1[C@@H]2SC3(CC2Br)C(C(=O)N(CC=C)C2CCCCC2)N([C@@H](CO)[C@@H](C)CC)C(=O)[C@H]13)c1ccc(OCC)cc1. The average molecular weight is 717 g/mol.